The van der Waals surface area contributed by atoms with Crippen LogP contribution in [0.1, 0.15) is 10.4 Å². The van der Waals surface area contributed by atoms with Gasteiger partial charge >= 0.3 is 5.97 Å². The van der Waals surface area contributed by atoms with Crippen molar-refractivity contribution >= 4 is 45.6 Å². The molecule has 0 aliphatic rings. The summed E-state index contributed by atoms with van der Waals surface area (Å²) >= 11 is 0. The number of benzene rings is 2. The second-order valence-corrected chi connectivity index (χ2v) is 5.07. The Morgan fingerprint density at radius 3 is 2.10 bits per heavy atom. The van der Waals surface area contributed by atoms with Crippen molar-refractivity contribution in [2.24, 2.45) is 0 Å². The molecule has 1 N–H and O–H groups in total. The second kappa shape index (κ2) is 7.01. The van der Waals surface area contributed by atoms with Gasteiger partial charge in [-0.2, -0.15) is 8.42 Å². The van der Waals surface area contributed by atoms with Gasteiger partial charge in [0.1, 0.15) is 4.90 Å². The maximum Gasteiger partial charge on any atom is 0.343 e. The van der Waals surface area contributed by atoms with Crippen LogP contribution in [0.25, 0.3) is 0 Å². The van der Waals surface area contributed by atoms with Crippen LogP contribution < -0.4 is 4.74 Å². The van der Waals surface area contributed by atoms with E-state index in [0.29, 0.717) is 0 Å². The minimum atomic E-state index is -4.44. The molecule has 5 nitrogen and oxygen atoms in total. The maximum absolute atomic E-state index is 11.8. The second-order valence-electron chi connectivity index (χ2n) is 3.68. The Kier molecular flexibility index (Phi) is 5.91. The molecule has 2 rings (SSSR count). The van der Waals surface area contributed by atoms with Gasteiger partial charge in [-0.1, -0.05) is 30.3 Å². The molecule has 0 bridgehead atoms. The van der Waals surface area contributed by atoms with E-state index in [2.05, 4.69) is 0 Å². The molecule has 2 aromatic rings. The molecule has 0 saturated carbocycles. The van der Waals surface area contributed by atoms with Crippen molar-refractivity contribution in [1.29, 1.82) is 0 Å². The van der Waals surface area contributed by atoms with Gasteiger partial charge in [0, 0.05) is 29.6 Å². The standard InChI is InChI=1S/C13H10O5S.Na/c14-13(10-6-2-1-3-7-10)18-11-8-4-5-9-12(11)19(15,16)17;/h1-9H,(H,15,16,17);. The van der Waals surface area contributed by atoms with Crippen molar-refractivity contribution in [2.75, 3.05) is 0 Å². The van der Waals surface area contributed by atoms with Gasteiger partial charge in [0.05, 0.1) is 5.56 Å². The summed E-state index contributed by atoms with van der Waals surface area (Å²) in [5.74, 6) is -0.907. The molecule has 0 heterocycles. The van der Waals surface area contributed by atoms with Gasteiger partial charge in [0.15, 0.2) is 5.75 Å². The number of para-hydroxylation sites is 1. The Balaban J connectivity index is 0.00000200. The summed E-state index contributed by atoms with van der Waals surface area (Å²) in [5.41, 5.74) is 0.285. The summed E-state index contributed by atoms with van der Waals surface area (Å²) in [6.07, 6.45) is 0. The third kappa shape index (κ3) is 4.16. The molecule has 0 amide bonds. The van der Waals surface area contributed by atoms with Gasteiger partial charge in [0.2, 0.25) is 0 Å². The molecule has 7 heteroatoms. The van der Waals surface area contributed by atoms with Crippen LogP contribution in [-0.2, 0) is 10.1 Å². The number of carbonyl (C=O) groups excluding carboxylic acids is 1. The third-order valence-electron chi connectivity index (χ3n) is 2.34. The van der Waals surface area contributed by atoms with E-state index in [1.807, 2.05) is 0 Å². The average Bonchev–Trinajstić information content (AvgIpc) is 2.39. The molecule has 0 aliphatic carbocycles. The normalized spacial score (nSPS) is 10.4. The van der Waals surface area contributed by atoms with Crippen LogP contribution in [0.5, 0.6) is 5.75 Å². The number of esters is 1. The molecule has 0 spiro atoms. The van der Waals surface area contributed by atoms with Crippen LogP contribution in [0.4, 0.5) is 0 Å². The fourth-order valence-electron chi connectivity index (χ4n) is 1.48. The zero-order valence-corrected chi connectivity index (χ0v) is 13.5. The summed E-state index contributed by atoms with van der Waals surface area (Å²) in [7, 11) is -4.44. The third-order valence-corrected chi connectivity index (χ3v) is 3.23. The molecular weight excluding hydrogens is 291 g/mol. The van der Waals surface area contributed by atoms with Crippen LogP contribution in [0, 0.1) is 0 Å². The van der Waals surface area contributed by atoms with Crippen LogP contribution in [-0.4, -0.2) is 48.5 Å². The Hall–Kier alpha value is -1.18. The van der Waals surface area contributed by atoms with E-state index < -0.39 is 21.0 Å². The Morgan fingerprint density at radius 2 is 1.50 bits per heavy atom. The average molecular weight is 301 g/mol. The molecule has 0 saturated heterocycles. The number of hydrogen-bond acceptors (Lipinski definition) is 4. The van der Waals surface area contributed by atoms with Crippen molar-refractivity contribution < 1.29 is 22.5 Å². The number of ether oxygens (including phenoxy) is 1. The predicted molar refractivity (Wildman–Crippen MR) is 73.4 cm³/mol. The zero-order valence-electron chi connectivity index (χ0n) is 10.7. The first-order valence-corrected chi connectivity index (χ1v) is 6.76. The molecule has 0 fully saturated rings. The quantitative estimate of drug-likeness (QED) is 0.404. The fourth-order valence-corrected chi connectivity index (χ4v) is 2.10. The van der Waals surface area contributed by atoms with E-state index in [4.69, 9.17) is 9.29 Å². The Labute approximate surface area is 138 Å². The van der Waals surface area contributed by atoms with Crippen molar-refractivity contribution in [3.8, 4) is 5.75 Å². The minimum absolute atomic E-state index is 0. The van der Waals surface area contributed by atoms with Crippen LogP contribution in [0.3, 0.4) is 0 Å². The van der Waals surface area contributed by atoms with E-state index in [-0.39, 0.29) is 40.9 Å². The SMILES string of the molecule is O=C(Oc1ccccc1S(=O)(=O)O)c1ccccc1.[Na]. The molecule has 1 radical (unpaired) electrons. The first kappa shape index (κ1) is 16.9. The van der Waals surface area contributed by atoms with Crippen LogP contribution in [0.15, 0.2) is 59.5 Å². The van der Waals surface area contributed by atoms with Gasteiger partial charge in [-0.3, -0.25) is 4.55 Å². The van der Waals surface area contributed by atoms with Crippen molar-refractivity contribution in [2.45, 2.75) is 4.90 Å². The van der Waals surface area contributed by atoms with E-state index >= 15 is 0 Å². The molecule has 0 unspecified atom stereocenters. The molecule has 0 atom stereocenters. The summed E-state index contributed by atoms with van der Waals surface area (Å²) in [6.45, 7) is 0. The van der Waals surface area contributed by atoms with E-state index in [9.17, 15) is 13.2 Å². The fraction of sp³-hybridized carbons (Fsp3) is 0. The smallest absolute Gasteiger partial charge is 0.343 e. The number of rotatable bonds is 3. The van der Waals surface area contributed by atoms with Crippen molar-refractivity contribution in [3.05, 3.63) is 60.2 Å². The Bertz CT molecular complexity index is 698. The first-order valence-electron chi connectivity index (χ1n) is 5.32. The monoisotopic (exact) mass is 301 g/mol. The molecule has 99 valence electrons. The minimum Gasteiger partial charge on any atom is -0.421 e. The summed E-state index contributed by atoms with van der Waals surface area (Å²) < 4.78 is 36.3. The van der Waals surface area contributed by atoms with Crippen molar-refractivity contribution in [3.63, 3.8) is 0 Å². The maximum atomic E-state index is 11.8. The Morgan fingerprint density at radius 1 is 0.950 bits per heavy atom. The number of hydrogen-bond donors (Lipinski definition) is 1. The van der Waals surface area contributed by atoms with Gasteiger partial charge in [0.25, 0.3) is 10.1 Å². The first-order chi connectivity index (χ1) is 8.98. The summed E-state index contributed by atoms with van der Waals surface area (Å²) in [4.78, 5) is 11.3. The van der Waals surface area contributed by atoms with Gasteiger partial charge in [-0.15, -0.1) is 0 Å². The summed E-state index contributed by atoms with van der Waals surface area (Å²) in [5, 5.41) is 0. The van der Waals surface area contributed by atoms with Gasteiger partial charge in [-0.25, -0.2) is 4.79 Å². The summed E-state index contributed by atoms with van der Waals surface area (Å²) in [6, 6.07) is 13.5. The predicted octanol–water partition coefficient (Wildman–Crippen LogP) is 1.77. The van der Waals surface area contributed by atoms with Gasteiger partial charge < -0.3 is 4.74 Å². The van der Waals surface area contributed by atoms with Gasteiger partial charge in [-0.05, 0) is 24.3 Å². The topological polar surface area (TPSA) is 80.7 Å². The molecule has 2 aromatic carbocycles. The van der Waals surface area contributed by atoms with E-state index in [0.717, 1.165) is 6.07 Å². The van der Waals surface area contributed by atoms with Crippen LogP contribution >= 0.6 is 0 Å². The number of carbonyl (C=O) groups is 1. The van der Waals surface area contributed by atoms with E-state index in [1.165, 1.54) is 18.2 Å². The molecule has 0 aliphatic heterocycles. The van der Waals surface area contributed by atoms with Crippen molar-refractivity contribution in [1.82, 2.24) is 0 Å². The largest absolute Gasteiger partial charge is 0.421 e. The van der Waals surface area contributed by atoms with E-state index in [1.54, 1.807) is 30.3 Å². The van der Waals surface area contributed by atoms with Crippen LogP contribution in [0.2, 0.25) is 0 Å². The zero-order chi connectivity index (χ0) is 13.9. The molecular formula is C13H10NaO5S. The molecule has 0 aromatic heterocycles. The molecule has 20 heavy (non-hydrogen) atoms.